The van der Waals surface area contributed by atoms with Gasteiger partial charge in [-0.2, -0.15) is 5.26 Å². The third-order valence-corrected chi connectivity index (χ3v) is 10.2. The van der Waals surface area contributed by atoms with E-state index in [0.29, 0.717) is 15.7 Å². The maximum atomic E-state index is 13.8. The predicted molar refractivity (Wildman–Crippen MR) is 147 cm³/mol. The van der Waals surface area contributed by atoms with Gasteiger partial charge in [0, 0.05) is 9.75 Å². The van der Waals surface area contributed by atoms with Gasteiger partial charge in [0.1, 0.15) is 15.9 Å². The van der Waals surface area contributed by atoms with Crippen molar-refractivity contribution < 1.29 is 4.79 Å². The number of hydrogen-bond donors (Lipinski definition) is 1. The lowest BCUT2D eigenvalue weighted by molar-refractivity contribution is -0.113. The fourth-order valence-electron chi connectivity index (χ4n) is 5.15. The molecular weight excluding hydrogens is 509 g/mol. The lowest BCUT2D eigenvalue weighted by atomic mass is 9.96. The highest BCUT2D eigenvalue weighted by Crippen LogP contribution is 2.38. The molecule has 0 bridgehead atoms. The summed E-state index contributed by atoms with van der Waals surface area (Å²) in [5, 5.41) is 14.6. The topological polar surface area (TPSA) is 87.8 Å². The van der Waals surface area contributed by atoms with Crippen molar-refractivity contribution in [1.29, 1.82) is 5.26 Å². The summed E-state index contributed by atoms with van der Waals surface area (Å²) in [6.45, 7) is 0. The summed E-state index contributed by atoms with van der Waals surface area (Å²) in [7, 11) is 0. The lowest BCUT2D eigenvalue weighted by Crippen LogP contribution is -2.23. The van der Waals surface area contributed by atoms with Gasteiger partial charge < -0.3 is 5.32 Å². The Morgan fingerprint density at radius 2 is 1.72 bits per heavy atom. The van der Waals surface area contributed by atoms with Crippen LogP contribution in [-0.4, -0.2) is 21.2 Å². The number of benzene rings is 1. The minimum atomic E-state index is -0.200. The van der Waals surface area contributed by atoms with Crippen molar-refractivity contribution in [1.82, 2.24) is 9.55 Å². The number of carbonyl (C=O) groups excluding carboxylic acids is 1. The third-order valence-electron chi connectivity index (χ3n) is 6.84. The van der Waals surface area contributed by atoms with Gasteiger partial charge in [0.25, 0.3) is 5.56 Å². The second-order valence-corrected chi connectivity index (χ2v) is 12.3. The predicted octanol–water partition coefficient (Wildman–Crippen LogP) is 5.87. The highest BCUT2D eigenvalue weighted by molar-refractivity contribution is 7.99. The molecule has 6 rings (SSSR count). The minimum absolute atomic E-state index is 0.0637. The minimum Gasteiger partial charge on any atom is -0.316 e. The highest BCUT2D eigenvalue weighted by atomic mass is 32.2. The summed E-state index contributed by atoms with van der Waals surface area (Å²) in [4.78, 5) is 34.9. The summed E-state index contributed by atoms with van der Waals surface area (Å²) < 4.78 is 1.65. The molecule has 1 N–H and O–H groups in total. The summed E-state index contributed by atoms with van der Waals surface area (Å²) in [6, 6.07) is 11.8. The number of thiophene rings is 2. The molecule has 0 radical (unpaired) electrons. The molecule has 1 amide bonds. The van der Waals surface area contributed by atoms with Crippen molar-refractivity contribution in [3.05, 3.63) is 67.1 Å². The first-order valence-electron chi connectivity index (χ1n) is 12.2. The van der Waals surface area contributed by atoms with E-state index < -0.39 is 0 Å². The normalized spacial score (nSPS) is 14.8. The Bertz CT molecular complexity index is 1580. The van der Waals surface area contributed by atoms with Crippen LogP contribution < -0.4 is 10.9 Å². The Hall–Kier alpha value is -2.93. The number of nitriles is 1. The van der Waals surface area contributed by atoms with Gasteiger partial charge >= 0.3 is 0 Å². The summed E-state index contributed by atoms with van der Waals surface area (Å²) in [5.74, 6) is -0.0990. The smallest absolute Gasteiger partial charge is 0.267 e. The molecule has 2 aliphatic rings. The van der Waals surface area contributed by atoms with Crippen molar-refractivity contribution in [2.75, 3.05) is 11.1 Å². The number of aromatic nitrogens is 2. The maximum absolute atomic E-state index is 13.8. The summed E-state index contributed by atoms with van der Waals surface area (Å²) in [6.07, 6.45) is 8.23. The van der Waals surface area contributed by atoms with Crippen LogP contribution >= 0.6 is 34.4 Å². The molecule has 9 heteroatoms. The zero-order valence-electron chi connectivity index (χ0n) is 19.6. The fourth-order valence-corrected chi connectivity index (χ4v) is 8.52. The molecule has 0 fully saturated rings. The molecule has 0 aliphatic heterocycles. The van der Waals surface area contributed by atoms with Crippen LogP contribution in [0.5, 0.6) is 0 Å². The van der Waals surface area contributed by atoms with E-state index in [1.807, 2.05) is 30.3 Å². The molecule has 36 heavy (non-hydrogen) atoms. The fraction of sp³-hybridized carbons (Fsp3) is 0.333. The van der Waals surface area contributed by atoms with Gasteiger partial charge in [-0.3, -0.25) is 14.2 Å². The zero-order chi connectivity index (χ0) is 24.6. The summed E-state index contributed by atoms with van der Waals surface area (Å²) >= 11 is 4.40. The molecular formula is C27H24N4O2S3. The zero-order valence-corrected chi connectivity index (χ0v) is 22.1. The average molecular weight is 533 g/mol. The molecule has 0 saturated carbocycles. The van der Waals surface area contributed by atoms with Crippen molar-refractivity contribution >= 4 is 55.6 Å². The molecule has 6 nitrogen and oxygen atoms in total. The first kappa shape index (κ1) is 23.5. The Labute approximate surface area is 221 Å². The second-order valence-electron chi connectivity index (χ2n) is 9.13. The Morgan fingerprint density at radius 1 is 1.03 bits per heavy atom. The lowest BCUT2D eigenvalue weighted by Gasteiger charge is -2.13. The quantitative estimate of drug-likeness (QED) is 0.257. The van der Waals surface area contributed by atoms with E-state index in [9.17, 15) is 14.9 Å². The van der Waals surface area contributed by atoms with Crippen molar-refractivity contribution in [2.45, 2.75) is 56.5 Å². The molecule has 4 aromatic rings. The van der Waals surface area contributed by atoms with E-state index in [0.717, 1.165) is 78.4 Å². The molecule has 3 heterocycles. The van der Waals surface area contributed by atoms with Gasteiger partial charge in [0.15, 0.2) is 5.16 Å². The number of hydrogen-bond acceptors (Lipinski definition) is 7. The van der Waals surface area contributed by atoms with Crippen molar-refractivity contribution in [3.8, 4) is 11.8 Å². The Kier molecular flexibility index (Phi) is 6.42. The van der Waals surface area contributed by atoms with Gasteiger partial charge in [-0.1, -0.05) is 30.0 Å². The molecule has 2 aliphatic carbocycles. The van der Waals surface area contributed by atoms with Crippen molar-refractivity contribution in [2.24, 2.45) is 0 Å². The maximum Gasteiger partial charge on any atom is 0.267 e. The third kappa shape index (κ3) is 4.17. The number of para-hydroxylation sites is 1. The van der Waals surface area contributed by atoms with Gasteiger partial charge in [-0.15, -0.1) is 22.7 Å². The van der Waals surface area contributed by atoms with Crippen LogP contribution in [0.3, 0.4) is 0 Å². The van der Waals surface area contributed by atoms with Gasteiger partial charge in [-0.05, 0) is 74.6 Å². The van der Waals surface area contributed by atoms with Crippen LogP contribution in [0.15, 0.2) is 40.3 Å². The van der Waals surface area contributed by atoms with E-state index >= 15 is 0 Å². The number of fused-ring (bicyclic) bond motifs is 4. The largest absolute Gasteiger partial charge is 0.316 e. The van der Waals surface area contributed by atoms with E-state index in [2.05, 4.69) is 11.4 Å². The van der Waals surface area contributed by atoms with Gasteiger partial charge in [0.2, 0.25) is 5.91 Å². The van der Waals surface area contributed by atoms with E-state index in [1.54, 1.807) is 15.9 Å². The molecule has 1 aromatic carbocycles. The Morgan fingerprint density at radius 3 is 2.47 bits per heavy atom. The monoisotopic (exact) mass is 532 g/mol. The SMILES string of the molecule is N#Cc1c(NC(=O)CSc2nc3sc4c(c3c(=O)n2-c2ccccc2)CCCC4)sc2c1CCCC2. The standard InChI is InChI=1S/C27H24N4O2S3/c28-14-19-17-10-4-6-12-20(17)35-24(19)29-22(32)15-34-27-30-25-23(18-11-5-7-13-21(18)36-25)26(33)31(27)16-8-2-1-3-9-16/h1-3,8-9H,4-7,10-13,15H2,(H,29,32). The number of amides is 1. The van der Waals surface area contributed by atoms with Crippen LogP contribution in [-0.2, 0) is 30.5 Å². The van der Waals surface area contributed by atoms with Crippen LogP contribution in [0.2, 0.25) is 0 Å². The van der Waals surface area contributed by atoms with Crippen LogP contribution in [0.25, 0.3) is 15.9 Å². The number of nitrogens with zero attached hydrogens (tertiary/aromatic N) is 3. The molecule has 3 aromatic heterocycles. The van der Waals surface area contributed by atoms with Gasteiger partial charge in [-0.25, -0.2) is 4.98 Å². The highest BCUT2D eigenvalue weighted by Gasteiger charge is 2.24. The number of anilines is 1. The molecule has 0 atom stereocenters. The molecule has 182 valence electrons. The van der Waals surface area contributed by atoms with Crippen LogP contribution in [0.1, 0.15) is 52.1 Å². The number of aryl methyl sites for hydroxylation is 3. The molecule has 0 spiro atoms. The molecule has 0 unspecified atom stereocenters. The number of nitrogens with one attached hydrogen (secondary N) is 1. The van der Waals surface area contributed by atoms with E-state index in [4.69, 9.17) is 4.98 Å². The van der Waals surface area contributed by atoms with Crippen LogP contribution in [0, 0.1) is 11.3 Å². The number of rotatable bonds is 5. The van der Waals surface area contributed by atoms with Crippen LogP contribution in [0.4, 0.5) is 5.00 Å². The number of carbonyl (C=O) groups is 1. The average Bonchev–Trinajstić information content (AvgIpc) is 3.45. The van der Waals surface area contributed by atoms with Crippen molar-refractivity contribution in [3.63, 3.8) is 0 Å². The summed E-state index contributed by atoms with van der Waals surface area (Å²) in [5.41, 5.74) is 3.55. The van der Waals surface area contributed by atoms with E-state index in [-0.39, 0.29) is 17.2 Å². The van der Waals surface area contributed by atoms with Gasteiger partial charge in [0.05, 0.1) is 22.4 Å². The first-order valence-corrected chi connectivity index (χ1v) is 14.9. The Balaban J connectivity index is 1.32. The second kappa shape index (κ2) is 9.85. The first-order chi connectivity index (χ1) is 17.6. The van der Waals surface area contributed by atoms with E-state index in [1.165, 1.54) is 32.9 Å². The molecule has 0 saturated heterocycles. The number of thioether (sulfide) groups is 1.